The Balaban J connectivity index is 2.00. The number of rotatable bonds is 4. The number of hydrogen-bond acceptors (Lipinski definition) is 5. The highest BCUT2D eigenvalue weighted by molar-refractivity contribution is 8.02. The number of nitrogens with one attached hydrogen (secondary N) is 1. The molecule has 19 heavy (non-hydrogen) atoms. The van der Waals surface area contributed by atoms with Crippen LogP contribution in [0.2, 0.25) is 5.02 Å². The maximum absolute atomic E-state index is 12.9. The first-order valence-corrected chi connectivity index (χ1v) is 7.38. The summed E-state index contributed by atoms with van der Waals surface area (Å²) < 4.78 is 13.6. The summed E-state index contributed by atoms with van der Waals surface area (Å²) in [5.41, 5.74) is 1.99. The van der Waals surface area contributed by atoms with Crippen LogP contribution < -0.4 is 5.32 Å². The van der Waals surface area contributed by atoms with Crippen molar-refractivity contribution in [3.63, 3.8) is 0 Å². The van der Waals surface area contributed by atoms with Gasteiger partial charge in [0.25, 0.3) is 0 Å². The first-order valence-electron chi connectivity index (χ1n) is 5.25. The number of carbonyl (C=O) groups excluding carboxylic acids is 1. The van der Waals surface area contributed by atoms with Crippen LogP contribution in [-0.2, 0) is 4.79 Å². The van der Waals surface area contributed by atoms with Gasteiger partial charge in [0.2, 0.25) is 5.91 Å². The summed E-state index contributed by atoms with van der Waals surface area (Å²) in [6, 6.07) is 3.82. The number of thioether (sulfide) groups is 1. The lowest BCUT2D eigenvalue weighted by Crippen LogP contribution is -2.22. The van der Waals surface area contributed by atoms with E-state index >= 15 is 0 Å². The summed E-state index contributed by atoms with van der Waals surface area (Å²) in [4.78, 5) is 11.9. The number of anilines is 1. The van der Waals surface area contributed by atoms with Gasteiger partial charge in [-0.1, -0.05) is 34.7 Å². The van der Waals surface area contributed by atoms with Crippen LogP contribution in [0.3, 0.4) is 0 Å². The van der Waals surface area contributed by atoms with Crippen molar-refractivity contribution in [2.24, 2.45) is 0 Å². The third-order valence-corrected chi connectivity index (χ3v) is 4.40. The number of aromatic nitrogens is 2. The maximum Gasteiger partial charge on any atom is 0.237 e. The molecule has 0 unspecified atom stereocenters. The van der Waals surface area contributed by atoms with E-state index in [0.29, 0.717) is 10.0 Å². The van der Waals surface area contributed by atoms with Crippen LogP contribution in [0.4, 0.5) is 10.1 Å². The highest BCUT2D eigenvalue weighted by Gasteiger charge is 2.17. The summed E-state index contributed by atoms with van der Waals surface area (Å²) >= 11 is 8.51. The van der Waals surface area contributed by atoms with Crippen LogP contribution in [0.15, 0.2) is 28.0 Å². The molecule has 1 aromatic carbocycles. The van der Waals surface area contributed by atoms with Crippen LogP contribution in [0.1, 0.15) is 6.92 Å². The highest BCUT2D eigenvalue weighted by Crippen LogP contribution is 2.27. The Morgan fingerprint density at radius 3 is 3.00 bits per heavy atom. The second-order valence-electron chi connectivity index (χ2n) is 3.58. The minimum atomic E-state index is -0.445. The summed E-state index contributed by atoms with van der Waals surface area (Å²) in [7, 11) is 0. The average molecular weight is 318 g/mol. The van der Waals surface area contributed by atoms with Crippen molar-refractivity contribution >= 4 is 46.3 Å². The summed E-state index contributed by atoms with van der Waals surface area (Å²) in [6.45, 7) is 1.75. The Hall–Kier alpha value is -1.18. The molecule has 4 nitrogen and oxygen atoms in total. The lowest BCUT2D eigenvalue weighted by molar-refractivity contribution is -0.115. The van der Waals surface area contributed by atoms with Gasteiger partial charge in [0, 0.05) is 0 Å². The fourth-order valence-corrected chi connectivity index (χ4v) is 3.08. The Morgan fingerprint density at radius 1 is 1.58 bits per heavy atom. The standard InChI is InChI=1S/C11H9ClFN3OS2/c1-6(19-11-16-14-5-18-11)10(17)15-9-3-2-7(13)4-8(9)12/h2-6H,1H3,(H,15,17)/t6-/m1/s1. The molecule has 0 bridgehead atoms. The molecule has 1 heterocycles. The van der Waals surface area contributed by atoms with E-state index < -0.39 is 5.82 Å². The Morgan fingerprint density at radius 2 is 2.37 bits per heavy atom. The summed E-state index contributed by atoms with van der Waals surface area (Å²) in [5.74, 6) is -0.673. The molecule has 1 atom stereocenters. The zero-order valence-electron chi connectivity index (χ0n) is 9.76. The molecule has 8 heteroatoms. The molecule has 1 N–H and O–H groups in total. The van der Waals surface area contributed by atoms with Gasteiger partial charge in [-0.25, -0.2) is 4.39 Å². The normalized spacial score (nSPS) is 12.2. The fourth-order valence-electron chi connectivity index (χ4n) is 1.24. The van der Waals surface area contributed by atoms with Gasteiger partial charge in [-0.3, -0.25) is 4.79 Å². The van der Waals surface area contributed by atoms with Gasteiger partial charge in [0.05, 0.1) is 16.0 Å². The van der Waals surface area contributed by atoms with Crippen molar-refractivity contribution in [1.29, 1.82) is 0 Å². The molecule has 1 amide bonds. The maximum atomic E-state index is 12.9. The Kier molecular flexibility index (Phi) is 4.73. The molecule has 0 saturated heterocycles. The predicted molar refractivity (Wildman–Crippen MR) is 75.3 cm³/mol. The second-order valence-corrected chi connectivity index (χ2v) is 6.41. The number of carbonyl (C=O) groups is 1. The van der Waals surface area contributed by atoms with Crippen LogP contribution in [0.5, 0.6) is 0 Å². The van der Waals surface area contributed by atoms with Gasteiger partial charge in [-0.15, -0.1) is 10.2 Å². The largest absolute Gasteiger partial charge is 0.324 e. The minimum absolute atomic E-state index is 0.168. The number of halogens is 2. The second kappa shape index (κ2) is 6.31. The number of benzene rings is 1. The smallest absolute Gasteiger partial charge is 0.237 e. The zero-order valence-corrected chi connectivity index (χ0v) is 12.2. The quantitative estimate of drug-likeness (QED) is 0.878. The van der Waals surface area contributed by atoms with E-state index in [-0.39, 0.29) is 16.2 Å². The number of hydrogen-bond donors (Lipinski definition) is 1. The molecule has 2 aromatic rings. The zero-order chi connectivity index (χ0) is 13.8. The highest BCUT2D eigenvalue weighted by atomic mass is 35.5. The van der Waals surface area contributed by atoms with Gasteiger partial charge in [0.1, 0.15) is 11.3 Å². The SMILES string of the molecule is C[C@@H](Sc1nncs1)C(=O)Nc1ccc(F)cc1Cl. The van der Waals surface area contributed by atoms with Crippen LogP contribution in [0.25, 0.3) is 0 Å². The van der Waals surface area contributed by atoms with Crippen LogP contribution >= 0.6 is 34.7 Å². The van der Waals surface area contributed by atoms with Gasteiger partial charge in [-0.2, -0.15) is 0 Å². The van der Waals surface area contributed by atoms with Crippen molar-refractivity contribution in [2.45, 2.75) is 16.5 Å². The topological polar surface area (TPSA) is 54.9 Å². The molecule has 1 aromatic heterocycles. The molecular weight excluding hydrogens is 309 g/mol. The molecule has 0 aliphatic heterocycles. The van der Waals surface area contributed by atoms with E-state index in [2.05, 4.69) is 15.5 Å². The van der Waals surface area contributed by atoms with E-state index in [1.807, 2.05) is 0 Å². The third-order valence-electron chi connectivity index (χ3n) is 2.18. The summed E-state index contributed by atoms with van der Waals surface area (Å²) in [5, 5.41) is 10.0. The van der Waals surface area contributed by atoms with E-state index in [1.54, 1.807) is 12.4 Å². The Labute approximate surface area is 122 Å². The van der Waals surface area contributed by atoms with Gasteiger partial charge < -0.3 is 5.32 Å². The molecule has 0 saturated carbocycles. The van der Waals surface area contributed by atoms with E-state index in [0.717, 1.165) is 6.07 Å². The Bertz CT molecular complexity index is 579. The molecule has 0 aliphatic rings. The first kappa shape index (κ1) is 14.2. The van der Waals surface area contributed by atoms with Crippen molar-refractivity contribution in [1.82, 2.24) is 10.2 Å². The van der Waals surface area contributed by atoms with Crippen molar-refractivity contribution < 1.29 is 9.18 Å². The molecule has 100 valence electrons. The van der Waals surface area contributed by atoms with Crippen molar-refractivity contribution in [3.05, 3.63) is 34.5 Å². The van der Waals surface area contributed by atoms with Gasteiger partial charge in [0.15, 0.2) is 4.34 Å². The molecule has 0 aliphatic carbocycles. The third kappa shape index (κ3) is 3.89. The van der Waals surface area contributed by atoms with Gasteiger partial charge >= 0.3 is 0 Å². The lowest BCUT2D eigenvalue weighted by atomic mass is 10.3. The molecular formula is C11H9ClFN3OS2. The van der Waals surface area contributed by atoms with Gasteiger partial charge in [-0.05, 0) is 25.1 Å². The number of amides is 1. The molecule has 0 fully saturated rings. The summed E-state index contributed by atoms with van der Waals surface area (Å²) in [6.07, 6.45) is 0. The van der Waals surface area contributed by atoms with Crippen molar-refractivity contribution in [3.8, 4) is 0 Å². The van der Waals surface area contributed by atoms with E-state index in [4.69, 9.17) is 11.6 Å². The van der Waals surface area contributed by atoms with E-state index in [1.165, 1.54) is 35.2 Å². The molecule has 0 radical (unpaired) electrons. The molecule has 0 spiro atoms. The predicted octanol–water partition coefficient (Wildman–Crippen LogP) is 3.45. The van der Waals surface area contributed by atoms with Crippen LogP contribution in [-0.4, -0.2) is 21.4 Å². The average Bonchev–Trinajstić information content (AvgIpc) is 2.85. The van der Waals surface area contributed by atoms with Crippen molar-refractivity contribution in [2.75, 3.05) is 5.32 Å². The van der Waals surface area contributed by atoms with E-state index in [9.17, 15) is 9.18 Å². The fraction of sp³-hybridized carbons (Fsp3) is 0.182. The van der Waals surface area contributed by atoms with Crippen LogP contribution in [0, 0.1) is 5.82 Å². The number of nitrogens with zero attached hydrogens (tertiary/aromatic N) is 2. The lowest BCUT2D eigenvalue weighted by Gasteiger charge is -2.11. The molecule has 2 rings (SSSR count). The minimum Gasteiger partial charge on any atom is -0.324 e. The first-order chi connectivity index (χ1) is 9.06. The monoisotopic (exact) mass is 317 g/mol.